The fourth-order valence-corrected chi connectivity index (χ4v) is 3.45. The van der Waals surface area contributed by atoms with Gasteiger partial charge in [-0.1, -0.05) is 55.5 Å². The van der Waals surface area contributed by atoms with Crippen LogP contribution in [0.25, 0.3) is 0 Å². The van der Waals surface area contributed by atoms with E-state index < -0.39 is 10.1 Å². The molecule has 1 fully saturated rings. The Hall–Kier alpha value is -1.87. The van der Waals surface area contributed by atoms with E-state index in [1.54, 1.807) is 18.2 Å². The maximum Gasteiger partial charge on any atom is 0.358 e. The SMILES string of the molecule is N#CC1CCCCCCCC/C1=N/OS(=O)(=O)c1ccccc1. The van der Waals surface area contributed by atoms with E-state index in [0.717, 1.165) is 25.7 Å². The molecule has 0 heterocycles. The molecular weight excluding hydrogens is 312 g/mol. The van der Waals surface area contributed by atoms with Gasteiger partial charge in [-0.15, -0.1) is 0 Å². The van der Waals surface area contributed by atoms with Crippen molar-refractivity contribution in [2.24, 2.45) is 11.1 Å². The average molecular weight is 334 g/mol. The molecule has 0 aromatic heterocycles. The predicted molar refractivity (Wildman–Crippen MR) is 88.2 cm³/mol. The van der Waals surface area contributed by atoms with Crippen LogP contribution in [0.1, 0.15) is 51.4 Å². The third-order valence-electron chi connectivity index (χ3n) is 4.02. The van der Waals surface area contributed by atoms with Gasteiger partial charge < -0.3 is 0 Å². The predicted octanol–water partition coefficient (Wildman–Crippen LogP) is 4.02. The molecule has 1 atom stereocenters. The molecule has 124 valence electrons. The van der Waals surface area contributed by atoms with Crippen LogP contribution in [0, 0.1) is 17.2 Å². The Morgan fingerprint density at radius 3 is 2.39 bits per heavy atom. The van der Waals surface area contributed by atoms with E-state index in [1.807, 2.05) is 0 Å². The zero-order valence-electron chi connectivity index (χ0n) is 13.1. The van der Waals surface area contributed by atoms with Gasteiger partial charge in [0.1, 0.15) is 4.90 Å². The number of rotatable bonds is 3. The van der Waals surface area contributed by atoms with Gasteiger partial charge in [-0.2, -0.15) is 13.7 Å². The Morgan fingerprint density at radius 2 is 1.70 bits per heavy atom. The quantitative estimate of drug-likeness (QED) is 0.782. The third kappa shape index (κ3) is 5.36. The molecule has 1 saturated carbocycles. The Kier molecular flexibility index (Phi) is 6.60. The molecule has 0 aliphatic heterocycles. The minimum atomic E-state index is -3.93. The molecule has 2 rings (SSSR count). The summed E-state index contributed by atoms with van der Waals surface area (Å²) < 4.78 is 29.1. The number of hydrogen-bond donors (Lipinski definition) is 0. The van der Waals surface area contributed by atoms with Gasteiger partial charge in [0.05, 0.1) is 17.7 Å². The highest BCUT2D eigenvalue weighted by Gasteiger charge is 2.20. The van der Waals surface area contributed by atoms with Crippen LogP contribution in [0.15, 0.2) is 40.4 Å². The van der Waals surface area contributed by atoms with Crippen LogP contribution >= 0.6 is 0 Å². The standard InChI is InChI=1S/C17H22N2O3S/c18-14-15-10-6-3-1-2-4-9-13-17(15)19-22-23(20,21)16-11-7-5-8-12-16/h5,7-8,11-12,15H,1-4,6,9-10,13H2/b19-17-. The second kappa shape index (κ2) is 8.68. The molecule has 1 aliphatic rings. The first-order valence-electron chi connectivity index (χ1n) is 8.08. The highest BCUT2D eigenvalue weighted by Crippen LogP contribution is 2.21. The first-order chi connectivity index (χ1) is 11.1. The molecule has 0 radical (unpaired) electrons. The van der Waals surface area contributed by atoms with E-state index in [2.05, 4.69) is 11.2 Å². The van der Waals surface area contributed by atoms with Crippen molar-refractivity contribution >= 4 is 15.8 Å². The van der Waals surface area contributed by atoms with Crippen molar-refractivity contribution in [2.75, 3.05) is 0 Å². The van der Waals surface area contributed by atoms with Crippen LogP contribution in [-0.4, -0.2) is 14.1 Å². The van der Waals surface area contributed by atoms with Gasteiger partial charge in [-0.05, 0) is 31.4 Å². The van der Waals surface area contributed by atoms with Gasteiger partial charge in [0.15, 0.2) is 0 Å². The fraction of sp³-hybridized carbons (Fsp3) is 0.529. The summed E-state index contributed by atoms with van der Waals surface area (Å²) in [6.45, 7) is 0. The summed E-state index contributed by atoms with van der Waals surface area (Å²) in [5.41, 5.74) is 0.550. The van der Waals surface area contributed by atoms with E-state index in [9.17, 15) is 13.7 Å². The van der Waals surface area contributed by atoms with E-state index in [0.29, 0.717) is 18.6 Å². The lowest BCUT2D eigenvalue weighted by Gasteiger charge is -2.14. The highest BCUT2D eigenvalue weighted by atomic mass is 32.2. The number of hydrogen-bond acceptors (Lipinski definition) is 5. The molecule has 1 aromatic rings. The lowest BCUT2D eigenvalue weighted by atomic mass is 9.91. The number of nitriles is 1. The molecule has 0 bridgehead atoms. The van der Waals surface area contributed by atoms with Crippen molar-refractivity contribution in [1.29, 1.82) is 5.26 Å². The molecular formula is C17H22N2O3S. The van der Waals surface area contributed by atoms with Crippen LogP contribution in [0.3, 0.4) is 0 Å². The van der Waals surface area contributed by atoms with Gasteiger partial charge in [-0.25, -0.2) is 0 Å². The smallest absolute Gasteiger partial charge is 0.265 e. The summed E-state index contributed by atoms with van der Waals surface area (Å²) in [4.78, 5) is 0.0673. The van der Waals surface area contributed by atoms with Crippen LogP contribution in [0.2, 0.25) is 0 Å². The maximum absolute atomic E-state index is 12.1. The normalized spacial score (nSPS) is 22.2. The minimum absolute atomic E-state index is 0.0673. The Labute approximate surface area is 138 Å². The largest absolute Gasteiger partial charge is 0.358 e. The minimum Gasteiger partial charge on any atom is -0.265 e. The zero-order valence-corrected chi connectivity index (χ0v) is 14.0. The highest BCUT2D eigenvalue weighted by molar-refractivity contribution is 7.86. The second-order valence-corrected chi connectivity index (χ2v) is 7.29. The molecule has 23 heavy (non-hydrogen) atoms. The van der Waals surface area contributed by atoms with Gasteiger partial charge in [0.25, 0.3) is 0 Å². The molecule has 0 amide bonds. The summed E-state index contributed by atoms with van der Waals surface area (Å²) >= 11 is 0. The Morgan fingerprint density at radius 1 is 1.04 bits per heavy atom. The summed E-state index contributed by atoms with van der Waals surface area (Å²) in [6, 6.07) is 10.2. The zero-order chi connectivity index (χ0) is 16.5. The van der Waals surface area contributed by atoms with Crippen molar-refractivity contribution in [2.45, 2.75) is 56.3 Å². The lowest BCUT2D eigenvalue weighted by Crippen LogP contribution is -2.16. The maximum atomic E-state index is 12.1. The van der Waals surface area contributed by atoms with Crippen molar-refractivity contribution in [3.63, 3.8) is 0 Å². The number of nitrogens with zero attached hydrogens (tertiary/aromatic N) is 2. The lowest BCUT2D eigenvalue weighted by molar-refractivity contribution is 0.333. The van der Waals surface area contributed by atoms with Gasteiger partial charge in [0.2, 0.25) is 0 Å². The van der Waals surface area contributed by atoms with Crippen LogP contribution in [-0.2, 0) is 14.4 Å². The summed E-state index contributed by atoms with van der Waals surface area (Å²) in [5.74, 6) is -0.362. The third-order valence-corrected chi connectivity index (χ3v) is 5.14. The Bertz CT molecular complexity index is 663. The molecule has 1 unspecified atom stereocenters. The average Bonchev–Trinajstić information content (AvgIpc) is 2.58. The van der Waals surface area contributed by atoms with Gasteiger partial charge in [0, 0.05) is 0 Å². The van der Waals surface area contributed by atoms with Crippen LogP contribution in [0.4, 0.5) is 0 Å². The van der Waals surface area contributed by atoms with Crippen LogP contribution < -0.4 is 0 Å². The summed E-state index contributed by atoms with van der Waals surface area (Å²) in [6.07, 6.45) is 7.75. The first-order valence-corrected chi connectivity index (χ1v) is 9.49. The van der Waals surface area contributed by atoms with E-state index in [1.165, 1.54) is 25.0 Å². The number of oxime groups is 1. The summed E-state index contributed by atoms with van der Waals surface area (Å²) in [7, 11) is -3.93. The molecule has 0 N–H and O–H groups in total. The topological polar surface area (TPSA) is 79.5 Å². The van der Waals surface area contributed by atoms with Gasteiger partial charge >= 0.3 is 10.1 Å². The molecule has 6 heteroatoms. The van der Waals surface area contributed by atoms with Crippen molar-refractivity contribution in [3.8, 4) is 6.07 Å². The van der Waals surface area contributed by atoms with Crippen LogP contribution in [0.5, 0.6) is 0 Å². The van der Waals surface area contributed by atoms with E-state index in [4.69, 9.17) is 4.28 Å². The molecule has 5 nitrogen and oxygen atoms in total. The van der Waals surface area contributed by atoms with Gasteiger partial charge in [-0.3, -0.25) is 4.28 Å². The monoisotopic (exact) mass is 334 g/mol. The van der Waals surface area contributed by atoms with Crippen molar-refractivity contribution < 1.29 is 12.7 Å². The Balaban J connectivity index is 2.14. The molecule has 1 aliphatic carbocycles. The molecule has 0 saturated heterocycles. The molecule has 1 aromatic carbocycles. The second-order valence-electron chi connectivity index (χ2n) is 5.77. The first kappa shape index (κ1) is 17.5. The summed E-state index contributed by atoms with van der Waals surface area (Å²) in [5, 5.41) is 13.2. The van der Waals surface area contributed by atoms with Crippen molar-refractivity contribution in [1.82, 2.24) is 0 Å². The fourth-order valence-electron chi connectivity index (χ4n) is 2.68. The molecule has 0 spiro atoms. The van der Waals surface area contributed by atoms with E-state index in [-0.39, 0.29) is 10.8 Å². The number of benzene rings is 1. The van der Waals surface area contributed by atoms with Crippen molar-refractivity contribution in [3.05, 3.63) is 30.3 Å². The van der Waals surface area contributed by atoms with E-state index >= 15 is 0 Å².